The van der Waals surface area contributed by atoms with E-state index in [0.29, 0.717) is 13.1 Å². The molecule has 0 aromatic heterocycles. The van der Waals surface area contributed by atoms with Crippen molar-refractivity contribution in [2.24, 2.45) is 0 Å². The van der Waals surface area contributed by atoms with Gasteiger partial charge in [-0.25, -0.2) is 9.59 Å². The lowest BCUT2D eigenvalue weighted by molar-refractivity contribution is 0.0697. The normalized spacial score (nSPS) is 9.70. The lowest BCUT2D eigenvalue weighted by Crippen LogP contribution is -2.35. The number of carboxylic acids is 1. The van der Waals surface area contributed by atoms with Gasteiger partial charge in [0.2, 0.25) is 0 Å². The highest BCUT2D eigenvalue weighted by Gasteiger charge is 2.03. The summed E-state index contributed by atoms with van der Waals surface area (Å²) in [4.78, 5) is 22.2. The summed E-state index contributed by atoms with van der Waals surface area (Å²) in [6.45, 7) is 4.99. The average Bonchev–Trinajstić information content (AvgIpc) is 2.41. The van der Waals surface area contributed by atoms with E-state index < -0.39 is 5.97 Å². The predicted molar refractivity (Wildman–Crippen MR) is 77.7 cm³/mol. The molecule has 0 radical (unpaired) electrons. The van der Waals surface area contributed by atoms with Crippen LogP contribution < -0.4 is 10.6 Å². The Morgan fingerprint density at radius 2 is 1.80 bits per heavy atom. The van der Waals surface area contributed by atoms with Gasteiger partial charge in [-0.1, -0.05) is 23.8 Å². The molecular formula is C15H20N2O3. The minimum Gasteiger partial charge on any atom is -0.478 e. The van der Waals surface area contributed by atoms with Crippen molar-refractivity contribution >= 4 is 12.0 Å². The Morgan fingerprint density at radius 3 is 2.35 bits per heavy atom. The summed E-state index contributed by atoms with van der Waals surface area (Å²) in [7, 11) is 0. The molecule has 20 heavy (non-hydrogen) atoms. The second kappa shape index (κ2) is 7.99. The minimum absolute atomic E-state index is 0.227. The van der Waals surface area contributed by atoms with Crippen LogP contribution >= 0.6 is 0 Å². The summed E-state index contributed by atoms with van der Waals surface area (Å²) >= 11 is 0. The highest BCUT2D eigenvalue weighted by atomic mass is 16.4. The van der Waals surface area contributed by atoms with Gasteiger partial charge in [-0.2, -0.15) is 0 Å². The summed E-state index contributed by atoms with van der Waals surface area (Å²) in [5.74, 6) is -0.957. The smallest absolute Gasteiger partial charge is 0.335 e. The Labute approximate surface area is 118 Å². The van der Waals surface area contributed by atoms with Crippen molar-refractivity contribution in [2.45, 2.75) is 26.8 Å². The fraction of sp³-hybridized carbons (Fsp3) is 0.333. The fourth-order valence-corrected chi connectivity index (χ4v) is 1.56. The molecule has 0 unspecified atom stereocenters. The molecule has 0 saturated carbocycles. The number of allylic oxidation sites excluding steroid dienone is 1. The number of aromatic carboxylic acids is 1. The molecule has 0 atom stereocenters. The van der Waals surface area contributed by atoms with Gasteiger partial charge >= 0.3 is 12.0 Å². The fourth-order valence-electron chi connectivity index (χ4n) is 1.56. The molecule has 5 nitrogen and oxygen atoms in total. The van der Waals surface area contributed by atoms with Crippen molar-refractivity contribution in [1.29, 1.82) is 0 Å². The highest BCUT2D eigenvalue weighted by molar-refractivity contribution is 5.87. The first-order valence-corrected chi connectivity index (χ1v) is 6.46. The van der Waals surface area contributed by atoms with Gasteiger partial charge in [0.05, 0.1) is 5.56 Å². The van der Waals surface area contributed by atoms with Crippen molar-refractivity contribution in [2.75, 3.05) is 6.54 Å². The zero-order valence-corrected chi connectivity index (χ0v) is 11.8. The maximum absolute atomic E-state index is 11.5. The first kappa shape index (κ1) is 15.8. The number of carbonyl (C=O) groups excluding carboxylic acids is 1. The number of hydrogen-bond donors (Lipinski definition) is 3. The quantitative estimate of drug-likeness (QED) is 0.552. The molecule has 0 bridgehead atoms. The molecule has 1 rings (SSSR count). The second-order valence-corrected chi connectivity index (χ2v) is 4.68. The topological polar surface area (TPSA) is 78.4 Å². The van der Waals surface area contributed by atoms with Crippen LogP contribution in [0.1, 0.15) is 36.2 Å². The summed E-state index contributed by atoms with van der Waals surface area (Å²) < 4.78 is 0. The highest BCUT2D eigenvalue weighted by Crippen LogP contribution is 2.04. The maximum atomic E-state index is 11.5. The molecule has 1 aromatic rings. The van der Waals surface area contributed by atoms with E-state index in [1.165, 1.54) is 17.7 Å². The van der Waals surface area contributed by atoms with Crippen LogP contribution in [0.25, 0.3) is 0 Å². The van der Waals surface area contributed by atoms with Crippen molar-refractivity contribution in [3.05, 3.63) is 47.0 Å². The Bertz CT molecular complexity index is 488. The number of amides is 2. The third-order valence-electron chi connectivity index (χ3n) is 2.64. The van der Waals surface area contributed by atoms with Gasteiger partial charge in [0.25, 0.3) is 0 Å². The Kier molecular flexibility index (Phi) is 6.29. The molecule has 0 spiro atoms. The van der Waals surface area contributed by atoms with Gasteiger partial charge in [-0.15, -0.1) is 0 Å². The van der Waals surface area contributed by atoms with Crippen molar-refractivity contribution in [3.8, 4) is 0 Å². The van der Waals surface area contributed by atoms with Crippen molar-refractivity contribution in [3.63, 3.8) is 0 Å². The summed E-state index contributed by atoms with van der Waals surface area (Å²) in [6, 6.07) is 6.19. The van der Waals surface area contributed by atoms with Crippen LogP contribution in [0.5, 0.6) is 0 Å². The van der Waals surface area contributed by atoms with Crippen LogP contribution in [-0.4, -0.2) is 23.7 Å². The summed E-state index contributed by atoms with van der Waals surface area (Å²) in [5, 5.41) is 14.2. The molecule has 5 heteroatoms. The minimum atomic E-state index is -0.957. The van der Waals surface area contributed by atoms with E-state index in [1.54, 1.807) is 12.1 Å². The van der Waals surface area contributed by atoms with Gasteiger partial charge in [0, 0.05) is 13.1 Å². The van der Waals surface area contributed by atoms with Crippen LogP contribution in [0.4, 0.5) is 4.79 Å². The number of hydrogen-bond acceptors (Lipinski definition) is 2. The van der Waals surface area contributed by atoms with Crippen molar-refractivity contribution in [1.82, 2.24) is 10.6 Å². The number of rotatable bonds is 6. The zero-order chi connectivity index (χ0) is 15.0. The Morgan fingerprint density at radius 1 is 1.15 bits per heavy atom. The molecule has 1 aromatic carbocycles. The van der Waals surface area contributed by atoms with E-state index in [1.807, 2.05) is 13.8 Å². The summed E-state index contributed by atoms with van der Waals surface area (Å²) in [6.07, 6.45) is 2.87. The van der Waals surface area contributed by atoms with E-state index >= 15 is 0 Å². The molecule has 2 amide bonds. The molecule has 0 aliphatic rings. The van der Waals surface area contributed by atoms with Crippen LogP contribution in [0.2, 0.25) is 0 Å². The lowest BCUT2D eigenvalue weighted by Gasteiger charge is -2.07. The third kappa shape index (κ3) is 6.04. The van der Waals surface area contributed by atoms with Gasteiger partial charge in [0.1, 0.15) is 0 Å². The summed E-state index contributed by atoms with van der Waals surface area (Å²) in [5.41, 5.74) is 2.32. The first-order valence-electron chi connectivity index (χ1n) is 6.46. The van der Waals surface area contributed by atoms with E-state index in [-0.39, 0.29) is 11.6 Å². The van der Waals surface area contributed by atoms with E-state index in [4.69, 9.17) is 5.11 Å². The molecule has 108 valence electrons. The third-order valence-corrected chi connectivity index (χ3v) is 2.64. The van der Waals surface area contributed by atoms with Crippen LogP contribution in [-0.2, 0) is 6.54 Å². The first-order chi connectivity index (χ1) is 9.49. The van der Waals surface area contributed by atoms with Crippen molar-refractivity contribution < 1.29 is 14.7 Å². The number of urea groups is 1. The monoisotopic (exact) mass is 276 g/mol. The molecule has 3 N–H and O–H groups in total. The Hall–Kier alpha value is -2.30. The predicted octanol–water partition coefficient (Wildman–Crippen LogP) is 2.54. The second-order valence-electron chi connectivity index (χ2n) is 4.68. The Balaban J connectivity index is 2.30. The number of carboxylic acid groups (broad SMARTS) is 1. The molecule has 0 fully saturated rings. The number of carbonyl (C=O) groups is 2. The molecule has 0 aliphatic heterocycles. The molecule has 0 aliphatic carbocycles. The van der Waals surface area contributed by atoms with Crippen LogP contribution in [0.15, 0.2) is 35.9 Å². The van der Waals surface area contributed by atoms with E-state index in [9.17, 15) is 9.59 Å². The molecular weight excluding hydrogens is 256 g/mol. The lowest BCUT2D eigenvalue weighted by atomic mass is 10.1. The van der Waals surface area contributed by atoms with E-state index in [0.717, 1.165) is 12.0 Å². The van der Waals surface area contributed by atoms with Crippen LogP contribution in [0.3, 0.4) is 0 Å². The van der Waals surface area contributed by atoms with Crippen LogP contribution in [0, 0.1) is 0 Å². The van der Waals surface area contributed by atoms with Gasteiger partial charge in [-0.05, 0) is 38.0 Å². The van der Waals surface area contributed by atoms with E-state index in [2.05, 4.69) is 16.7 Å². The SMILES string of the molecule is CC(C)=CCCNC(=O)NCc1ccc(C(=O)O)cc1. The zero-order valence-electron chi connectivity index (χ0n) is 11.8. The standard InChI is InChI=1S/C15H20N2O3/c1-11(2)4-3-9-16-15(20)17-10-12-5-7-13(8-6-12)14(18)19/h4-8H,3,9-10H2,1-2H3,(H,18,19)(H2,16,17,20). The van der Waals surface area contributed by atoms with Gasteiger partial charge < -0.3 is 15.7 Å². The van der Waals surface area contributed by atoms with Gasteiger partial charge in [-0.3, -0.25) is 0 Å². The largest absolute Gasteiger partial charge is 0.478 e. The maximum Gasteiger partial charge on any atom is 0.335 e. The van der Waals surface area contributed by atoms with Gasteiger partial charge in [0.15, 0.2) is 0 Å². The number of nitrogens with one attached hydrogen (secondary N) is 2. The average molecular weight is 276 g/mol. The molecule has 0 heterocycles. The molecule has 0 saturated heterocycles. The number of benzene rings is 1.